The first-order chi connectivity index (χ1) is 20.6. The molecule has 2 saturated heterocycles. The molecule has 4 rings (SSSR count). The number of methoxy groups -OCH3 is 1. The maximum atomic E-state index is 13.8. The van der Waals surface area contributed by atoms with E-state index in [1.807, 2.05) is 35.2 Å². The third kappa shape index (κ3) is 8.83. The largest absolute Gasteiger partial charge is 0.497 e. The van der Waals surface area contributed by atoms with Gasteiger partial charge in [-0.1, -0.05) is 42.5 Å². The monoisotopic (exact) mass is 596 g/mol. The summed E-state index contributed by atoms with van der Waals surface area (Å²) in [6.07, 6.45) is -1.29. The summed E-state index contributed by atoms with van der Waals surface area (Å²) >= 11 is 0. The van der Waals surface area contributed by atoms with Crippen LogP contribution in [0.3, 0.4) is 0 Å². The van der Waals surface area contributed by atoms with Crippen molar-refractivity contribution < 1.29 is 38.5 Å². The van der Waals surface area contributed by atoms with E-state index in [0.29, 0.717) is 37.6 Å². The Morgan fingerprint density at radius 3 is 2.23 bits per heavy atom. The number of epoxide rings is 1. The van der Waals surface area contributed by atoms with Gasteiger partial charge in [0.05, 0.1) is 39.5 Å². The Morgan fingerprint density at radius 2 is 1.63 bits per heavy atom. The average molecular weight is 597 g/mol. The van der Waals surface area contributed by atoms with Crippen molar-refractivity contribution in [3.63, 3.8) is 0 Å². The van der Waals surface area contributed by atoms with E-state index < -0.39 is 41.6 Å². The lowest BCUT2D eigenvalue weighted by Crippen LogP contribution is -2.58. The molecule has 2 aliphatic rings. The van der Waals surface area contributed by atoms with Gasteiger partial charge in [-0.15, -0.1) is 0 Å². The number of morpholine rings is 1. The summed E-state index contributed by atoms with van der Waals surface area (Å²) in [5.74, 6) is -1.55. The number of aliphatic hydroxyl groups excluding tert-OH is 1. The molecule has 2 aliphatic heterocycles. The van der Waals surface area contributed by atoms with Crippen molar-refractivity contribution in [3.05, 3.63) is 65.7 Å². The van der Waals surface area contributed by atoms with Gasteiger partial charge in [-0.25, -0.2) is 0 Å². The van der Waals surface area contributed by atoms with Crippen molar-refractivity contribution in [2.24, 2.45) is 0 Å². The number of benzene rings is 2. The van der Waals surface area contributed by atoms with Crippen molar-refractivity contribution in [3.8, 4) is 5.75 Å². The minimum atomic E-state index is -1.49. The molecule has 0 spiro atoms. The lowest BCUT2D eigenvalue weighted by atomic mass is 9.94. The van der Waals surface area contributed by atoms with Crippen LogP contribution >= 0.6 is 0 Å². The number of ether oxygens (including phenoxy) is 3. The van der Waals surface area contributed by atoms with Gasteiger partial charge >= 0.3 is 0 Å². The third-order valence-electron chi connectivity index (χ3n) is 7.61. The molecule has 2 aromatic rings. The van der Waals surface area contributed by atoms with Crippen LogP contribution in [0.25, 0.3) is 0 Å². The van der Waals surface area contributed by atoms with Crippen LogP contribution in [-0.2, 0) is 35.1 Å². The van der Waals surface area contributed by atoms with Gasteiger partial charge in [0.1, 0.15) is 29.5 Å². The highest BCUT2D eigenvalue weighted by molar-refractivity contribution is 5.98. The smallest absolute Gasteiger partial charge is 0.246 e. The lowest BCUT2D eigenvalue weighted by molar-refractivity contribution is -0.136. The van der Waals surface area contributed by atoms with Crippen LogP contribution in [0.4, 0.5) is 0 Å². The van der Waals surface area contributed by atoms with Crippen LogP contribution in [0.5, 0.6) is 5.75 Å². The van der Waals surface area contributed by atoms with Gasteiger partial charge in [-0.3, -0.25) is 24.1 Å². The highest BCUT2D eigenvalue weighted by atomic mass is 16.6. The maximum absolute atomic E-state index is 13.8. The van der Waals surface area contributed by atoms with E-state index in [4.69, 9.17) is 14.2 Å². The Kier molecular flexibility index (Phi) is 10.9. The van der Waals surface area contributed by atoms with E-state index in [9.17, 15) is 24.3 Å². The van der Waals surface area contributed by atoms with Gasteiger partial charge < -0.3 is 35.3 Å². The molecule has 0 aromatic heterocycles. The van der Waals surface area contributed by atoms with Gasteiger partial charge in [0.2, 0.25) is 17.7 Å². The SMILES string of the molecule is COc1ccc(C(O)C(NC(=O)C(C)NC(=O)CN2CCOCC2)C(=O)NC(Cc2ccccc2)C(=O)C2(C)CO2)cc1. The van der Waals surface area contributed by atoms with Crippen molar-refractivity contribution in [1.82, 2.24) is 20.9 Å². The van der Waals surface area contributed by atoms with Crippen LogP contribution < -0.4 is 20.7 Å². The number of aliphatic hydroxyl groups is 1. The molecule has 232 valence electrons. The summed E-state index contributed by atoms with van der Waals surface area (Å²) in [6, 6.07) is 12.1. The lowest BCUT2D eigenvalue weighted by Gasteiger charge is -2.29. The molecular formula is C31H40N4O8. The van der Waals surface area contributed by atoms with Crippen molar-refractivity contribution in [1.29, 1.82) is 0 Å². The first-order valence-electron chi connectivity index (χ1n) is 14.3. The van der Waals surface area contributed by atoms with Crippen molar-refractivity contribution in [2.45, 2.75) is 50.1 Å². The van der Waals surface area contributed by atoms with Crippen LogP contribution in [0.1, 0.15) is 31.1 Å². The second kappa shape index (κ2) is 14.6. The first-order valence-corrected chi connectivity index (χ1v) is 14.3. The third-order valence-corrected chi connectivity index (χ3v) is 7.61. The van der Waals surface area contributed by atoms with E-state index in [1.54, 1.807) is 31.2 Å². The zero-order valence-corrected chi connectivity index (χ0v) is 24.7. The van der Waals surface area contributed by atoms with Crippen LogP contribution in [0.2, 0.25) is 0 Å². The zero-order chi connectivity index (χ0) is 31.0. The van der Waals surface area contributed by atoms with Gasteiger partial charge in [0, 0.05) is 13.1 Å². The summed E-state index contributed by atoms with van der Waals surface area (Å²) in [5, 5.41) is 19.3. The average Bonchev–Trinajstić information content (AvgIpc) is 3.77. The quantitative estimate of drug-likeness (QED) is 0.223. The number of nitrogens with zero attached hydrogens (tertiary/aromatic N) is 1. The molecule has 2 heterocycles. The van der Waals surface area contributed by atoms with E-state index in [-0.39, 0.29) is 31.3 Å². The molecule has 3 amide bonds. The Morgan fingerprint density at radius 1 is 0.977 bits per heavy atom. The predicted molar refractivity (Wildman–Crippen MR) is 156 cm³/mol. The number of carbonyl (C=O) groups excluding carboxylic acids is 4. The number of nitrogens with one attached hydrogen (secondary N) is 3. The fourth-order valence-electron chi connectivity index (χ4n) is 4.81. The molecule has 0 radical (unpaired) electrons. The Bertz CT molecular complexity index is 1260. The molecule has 4 N–H and O–H groups in total. The zero-order valence-electron chi connectivity index (χ0n) is 24.7. The number of Topliss-reactive ketones (excluding diaryl/α,β-unsaturated/α-hetero) is 1. The molecular weight excluding hydrogens is 556 g/mol. The first kappa shape index (κ1) is 32.1. The van der Waals surface area contributed by atoms with E-state index in [0.717, 1.165) is 5.56 Å². The van der Waals surface area contributed by atoms with Gasteiger partial charge in [0.25, 0.3) is 0 Å². The van der Waals surface area contributed by atoms with Crippen molar-refractivity contribution >= 4 is 23.5 Å². The highest BCUT2D eigenvalue weighted by Crippen LogP contribution is 2.29. The summed E-state index contributed by atoms with van der Waals surface area (Å²) in [4.78, 5) is 54.9. The Hall–Kier alpha value is -3.84. The summed E-state index contributed by atoms with van der Waals surface area (Å²) in [5.41, 5.74) is 0.145. The molecule has 12 nitrogen and oxygen atoms in total. The number of amides is 3. The summed E-state index contributed by atoms with van der Waals surface area (Å²) in [6.45, 7) is 5.77. The van der Waals surface area contributed by atoms with Gasteiger partial charge in [-0.2, -0.15) is 0 Å². The van der Waals surface area contributed by atoms with E-state index >= 15 is 0 Å². The molecule has 43 heavy (non-hydrogen) atoms. The highest BCUT2D eigenvalue weighted by Gasteiger charge is 2.50. The minimum Gasteiger partial charge on any atom is -0.497 e. The maximum Gasteiger partial charge on any atom is 0.246 e. The fraction of sp³-hybridized carbons (Fsp3) is 0.484. The van der Waals surface area contributed by atoms with Crippen molar-refractivity contribution in [2.75, 3.05) is 46.6 Å². The molecule has 0 bridgehead atoms. The molecule has 2 aromatic carbocycles. The second-order valence-electron chi connectivity index (χ2n) is 11.0. The van der Waals surface area contributed by atoms with Crippen LogP contribution in [-0.4, -0.2) is 104 Å². The summed E-state index contributed by atoms with van der Waals surface area (Å²) < 4.78 is 15.9. The molecule has 5 unspecified atom stereocenters. The van der Waals surface area contributed by atoms with Crippen LogP contribution in [0.15, 0.2) is 54.6 Å². The predicted octanol–water partition coefficient (Wildman–Crippen LogP) is 0.136. The number of carbonyl (C=O) groups is 4. The van der Waals surface area contributed by atoms with Gasteiger partial charge in [0.15, 0.2) is 5.78 Å². The molecule has 0 aliphatic carbocycles. The second-order valence-corrected chi connectivity index (χ2v) is 11.0. The normalized spacial score (nSPS) is 21.0. The fourth-order valence-corrected chi connectivity index (χ4v) is 4.81. The molecule has 5 atom stereocenters. The van der Waals surface area contributed by atoms with Crippen LogP contribution in [0, 0.1) is 0 Å². The number of rotatable bonds is 14. The van der Waals surface area contributed by atoms with E-state index in [2.05, 4.69) is 16.0 Å². The summed E-state index contributed by atoms with van der Waals surface area (Å²) in [7, 11) is 1.50. The minimum absolute atomic E-state index is 0.101. The molecule has 0 saturated carbocycles. The standard InChI is InChI=1S/C31H40N4O8/c1-20(32-25(36)18-35-13-15-42-16-14-35)29(39)34-26(27(37)22-9-11-23(41-3)12-10-22)30(40)33-24(28(38)31(2)19-43-31)17-21-7-5-4-6-8-21/h4-12,20,24,26-27,37H,13-19H2,1-3H3,(H,32,36)(H,33,40)(H,34,39). The number of hydrogen-bond donors (Lipinski definition) is 4. The van der Waals surface area contributed by atoms with Gasteiger partial charge in [-0.05, 0) is 43.5 Å². The Labute approximate surface area is 251 Å². The molecule has 2 fully saturated rings. The number of ketones is 1. The Balaban J connectivity index is 1.50. The number of hydrogen-bond acceptors (Lipinski definition) is 9. The van der Waals surface area contributed by atoms with E-state index in [1.165, 1.54) is 14.0 Å². The topological polar surface area (TPSA) is 159 Å². The molecule has 12 heteroatoms.